The van der Waals surface area contributed by atoms with Crippen molar-refractivity contribution >= 4 is 15.9 Å². The minimum absolute atomic E-state index is 0.0159. The van der Waals surface area contributed by atoms with Gasteiger partial charge in [-0.2, -0.15) is 9.40 Å². The predicted octanol–water partition coefficient (Wildman–Crippen LogP) is 2.46. The van der Waals surface area contributed by atoms with Crippen molar-refractivity contribution < 1.29 is 13.2 Å². The van der Waals surface area contributed by atoms with Gasteiger partial charge in [0, 0.05) is 25.2 Å². The van der Waals surface area contributed by atoms with Crippen LogP contribution in [0.1, 0.15) is 63.8 Å². The summed E-state index contributed by atoms with van der Waals surface area (Å²) in [5.74, 6) is 0.0159. The number of nitrogens with zero attached hydrogens (tertiary/aromatic N) is 4. The summed E-state index contributed by atoms with van der Waals surface area (Å²) in [6.45, 7) is 8.87. The zero-order chi connectivity index (χ0) is 19.8. The molecule has 7 nitrogen and oxygen atoms in total. The first-order chi connectivity index (χ1) is 12.7. The maximum atomic E-state index is 13.1. The molecule has 1 aromatic heterocycles. The lowest BCUT2D eigenvalue weighted by molar-refractivity contribution is -0.138. The molecule has 3 heterocycles. The molecule has 1 aromatic rings. The van der Waals surface area contributed by atoms with Gasteiger partial charge in [0.2, 0.25) is 15.9 Å². The fourth-order valence-electron chi connectivity index (χ4n) is 4.56. The van der Waals surface area contributed by atoms with E-state index in [1.54, 1.807) is 22.8 Å². The Morgan fingerprint density at radius 2 is 1.63 bits per heavy atom. The molecule has 0 unspecified atom stereocenters. The van der Waals surface area contributed by atoms with E-state index < -0.39 is 10.0 Å². The summed E-state index contributed by atoms with van der Waals surface area (Å²) < 4.78 is 29.4. The molecule has 2 saturated heterocycles. The molecule has 27 heavy (non-hydrogen) atoms. The van der Waals surface area contributed by atoms with Crippen LogP contribution in [0.15, 0.2) is 4.90 Å². The number of carbonyl (C=O) groups is 1. The topological polar surface area (TPSA) is 75.5 Å². The Hall–Kier alpha value is -1.41. The third-order valence-electron chi connectivity index (χ3n) is 5.99. The van der Waals surface area contributed by atoms with Crippen molar-refractivity contribution in [1.82, 2.24) is 19.0 Å². The average molecular weight is 397 g/mol. The van der Waals surface area contributed by atoms with E-state index in [9.17, 15) is 13.2 Å². The van der Waals surface area contributed by atoms with E-state index in [2.05, 4.69) is 18.9 Å². The number of likely N-dealkylation sites (tertiary alicyclic amines) is 1. The third kappa shape index (κ3) is 3.92. The zero-order valence-corrected chi connectivity index (χ0v) is 17.8. The normalized spacial score (nSPS) is 25.0. The Kier molecular flexibility index (Phi) is 5.96. The zero-order valence-electron chi connectivity index (χ0n) is 16.9. The second kappa shape index (κ2) is 7.91. The molecule has 8 heteroatoms. The maximum Gasteiger partial charge on any atom is 0.246 e. The number of carbonyl (C=O) groups excluding carboxylic acids is 1. The molecule has 2 aliphatic rings. The summed E-state index contributed by atoms with van der Waals surface area (Å²) in [4.78, 5) is 15.1. The van der Waals surface area contributed by atoms with Gasteiger partial charge in [0.25, 0.3) is 0 Å². The number of aryl methyl sites for hydroxylation is 1. The number of hydrogen-bond donors (Lipinski definition) is 0. The van der Waals surface area contributed by atoms with Gasteiger partial charge in [-0.15, -0.1) is 0 Å². The van der Waals surface area contributed by atoms with Crippen molar-refractivity contribution in [2.45, 2.75) is 89.7 Å². The van der Waals surface area contributed by atoms with Crippen LogP contribution in [0.2, 0.25) is 0 Å². The lowest BCUT2D eigenvalue weighted by atomic mass is 9.97. The van der Waals surface area contributed by atoms with Crippen LogP contribution in [0.5, 0.6) is 0 Å². The second-order valence-electron chi connectivity index (χ2n) is 8.05. The minimum atomic E-state index is -3.56. The highest BCUT2D eigenvalue weighted by Crippen LogP contribution is 2.27. The molecule has 3 rings (SSSR count). The summed E-state index contributed by atoms with van der Waals surface area (Å²) in [5, 5.41) is 4.42. The molecule has 0 aromatic carbocycles. The molecule has 0 aliphatic carbocycles. The second-order valence-corrected chi connectivity index (χ2v) is 9.93. The lowest BCUT2D eigenvalue weighted by Crippen LogP contribution is -2.48. The Morgan fingerprint density at radius 1 is 1.04 bits per heavy atom. The van der Waals surface area contributed by atoms with Crippen molar-refractivity contribution in [2.75, 3.05) is 13.1 Å². The lowest BCUT2D eigenvalue weighted by Gasteiger charge is -2.39. The highest BCUT2D eigenvalue weighted by atomic mass is 32.2. The van der Waals surface area contributed by atoms with Gasteiger partial charge in [0.15, 0.2) is 0 Å². The molecule has 0 N–H and O–H groups in total. The first-order valence-corrected chi connectivity index (χ1v) is 11.5. The fraction of sp³-hybridized carbons (Fsp3) is 0.789. The van der Waals surface area contributed by atoms with Gasteiger partial charge in [0.1, 0.15) is 11.4 Å². The van der Waals surface area contributed by atoms with Crippen LogP contribution in [-0.4, -0.2) is 58.5 Å². The van der Waals surface area contributed by atoms with E-state index in [-0.39, 0.29) is 29.4 Å². The van der Waals surface area contributed by atoms with Crippen LogP contribution in [0.4, 0.5) is 0 Å². The van der Waals surface area contributed by atoms with Crippen molar-refractivity contribution in [2.24, 2.45) is 0 Å². The molecule has 1 amide bonds. The predicted molar refractivity (Wildman–Crippen MR) is 104 cm³/mol. The molecule has 0 saturated carbocycles. The Morgan fingerprint density at radius 3 is 2.22 bits per heavy atom. The van der Waals surface area contributed by atoms with E-state index in [0.29, 0.717) is 24.5 Å². The number of rotatable bonds is 4. The first-order valence-electron chi connectivity index (χ1n) is 10.1. The molecular formula is C19H32N4O3S. The molecule has 0 radical (unpaired) electrons. The summed E-state index contributed by atoms with van der Waals surface area (Å²) >= 11 is 0. The Bertz CT molecular complexity index is 786. The maximum absolute atomic E-state index is 13.1. The highest BCUT2D eigenvalue weighted by molar-refractivity contribution is 7.89. The Balaban J connectivity index is 1.84. The van der Waals surface area contributed by atoms with E-state index in [1.807, 2.05) is 4.90 Å². The third-order valence-corrected chi connectivity index (χ3v) is 8.15. The van der Waals surface area contributed by atoms with Gasteiger partial charge < -0.3 is 4.90 Å². The monoisotopic (exact) mass is 396 g/mol. The van der Waals surface area contributed by atoms with Crippen molar-refractivity contribution in [1.29, 1.82) is 0 Å². The minimum Gasteiger partial charge on any atom is -0.336 e. The summed E-state index contributed by atoms with van der Waals surface area (Å²) in [7, 11) is -3.56. The number of aromatic nitrogens is 2. The molecule has 2 aliphatic heterocycles. The first kappa shape index (κ1) is 20.3. The van der Waals surface area contributed by atoms with Gasteiger partial charge in [-0.05, 0) is 59.8 Å². The largest absolute Gasteiger partial charge is 0.336 e. The quantitative estimate of drug-likeness (QED) is 0.783. The van der Waals surface area contributed by atoms with Crippen LogP contribution >= 0.6 is 0 Å². The number of sulfonamides is 1. The van der Waals surface area contributed by atoms with Crippen LogP contribution in [-0.2, 0) is 21.4 Å². The molecule has 0 spiro atoms. The van der Waals surface area contributed by atoms with Crippen molar-refractivity contribution in [3.63, 3.8) is 0 Å². The van der Waals surface area contributed by atoms with E-state index in [4.69, 9.17) is 0 Å². The number of amides is 1. The summed E-state index contributed by atoms with van der Waals surface area (Å²) in [5.41, 5.74) is 1.04. The summed E-state index contributed by atoms with van der Waals surface area (Å²) in [6, 6.07) is 0.435. The van der Waals surface area contributed by atoms with Gasteiger partial charge in [-0.1, -0.05) is 6.42 Å². The van der Waals surface area contributed by atoms with E-state index >= 15 is 0 Å². The van der Waals surface area contributed by atoms with Crippen LogP contribution < -0.4 is 0 Å². The summed E-state index contributed by atoms with van der Waals surface area (Å²) in [6.07, 6.45) is 6.04. The highest BCUT2D eigenvalue weighted by Gasteiger charge is 2.33. The van der Waals surface area contributed by atoms with Crippen molar-refractivity contribution in [3.05, 3.63) is 11.4 Å². The fourth-order valence-corrected chi connectivity index (χ4v) is 6.45. The Labute approximate surface area is 162 Å². The van der Waals surface area contributed by atoms with Crippen LogP contribution in [0.3, 0.4) is 0 Å². The molecule has 2 atom stereocenters. The van der Waals surface area contributed by atoms with Gasteiger partial charge in [0.05, 0.1) is 11.4 Å². The van der Waals surface area contributed by atoms with E-state index in [1.165, 1.54) is 0 Å². The van der Waals surface area contributed by atoms with Gasteiger partial charge >= 0.3 is 0 Å². The molecular weight excluding hydrogens is 364 g/mol. The standard InChI is InChI=1S/C19H32N4O3S/c1-14-9-8-10-15(2)23(14)18(24)13-22-17(4)19(16(3)20-22)27(25,26)21-11-6-5-7-12-21/h14-15H,5-13H2,1-4H3/t14-,15-/m0/s1. The number of hydrogen-bond acceptors (Lipinski definition) is 4. The van der Waals surface area contributed by atoms with Crippen LogP contribution in [0, 0.1) is 13.8 Å². The van der Waals surface area contributed by atoms with Gasteiger partial charge in [-0.25, -0.2) is 8.42 Å². The number of piperidine rings is 2. The molecule has 152 valence electrons. The smallest absolute Gasteiger partial charge is 0.246 e. The average Bonchev–Trinajstić information content (AvgIpc) is 2.89. The molecule has 2 fully saturated rings. The SMILES string of the molecule is Cc1nn(CC(=O)N2[C@@H](C)CCC[C@@H]2C)c(C)c1S(=O)(=O)N1CCCCC1. The van der Waals surface area contributed by atoms with E-state index in [0.717, 1.165) is 38.5 Å². The molecule has 0 bridgehead atoms. The van der Waals surface area contributed by atoms with Gasteiger partial charge in [-0.3, -0.25) is 9.48 Å². The van der Waals surface area contributed by atoms with Crippen LogP contribution in [0.25, 0.3) is 0 Å². The van der Waals surface area contributed by atoms with Crippen molar-refractivity contribution in [3.8, 4) is 0 Å².